The fourth-order valence-electron chi connectivity index (χ4n) is 1.66. The minimum absolute atomic E-state index is 0.309. The molecule has 0 atom stereocenters. The van der Waals surface area contributed by atoms with E-state index < -0.39 is 0 Å². The molecule has 0 spiro atoms. The molecule has 2 aromatic rings. The highest BCUT2D eigenvalue weighted by molar-refractivity contribution is 9.13. The van der Waals surface area contributed by atoms with Gasteiger partial charge in [0.05, 0.1) is 16.0 Å². The molecular formula is C14H12Br3NO2S. The van der Waals surface area contributed by atoms with Gasteiger partial charge in [-0.05, 0) is 79.0 Å². The lowest BCUT2D eigenvalue weighted by atomic mass is 10.2. The topological polar surface area (TPSA) is 38.3 Å². The van der Waals surface area contributed by atoms with Crippen molar-refractivity contribution < 1.29 is 9.53 Å². The van der Waals surface area contributed by atoms with Crippen LogP contribution in [0.25, 0.3) is 0 Å². The largest absolute Gasteiger partial charge is 0.462 e. The fraction of sp³-hybridized carbons (Fsp3) is 0.214. The lowest BCUT2D eigenvalue weighted by molar-refractivity contribution is 0.0526. The first-order valence-corrected chi connectivity index (χ1v) is 9.35. The number of esters is 1. The summed E-state index contributed by atoms with van der Waals surface area (Å²) in [4.78, 5) is 12.9. The van der Waals surface area contributed by atoms with Crippen molar-refractivity contribution in [3.63, 3.8) is 0 Å². The maximum absolute atomic E-state index is 11.7. The Morgan fingerprint density at radius 2 is 2.00 bits per heavy atom. The van der Waals surface area contributed by atoms with E-state index in [9.17, 15) is 4.79 Å². The molecule has 1 N–H and O–H groups in total. The minimum Gasteiger partial charge on any atom is -0.462 e. The number of rotatable bonds is 5. The van der Waals surface area contributed by atoms with Crippen LogP contribution in [0, 0.1) is 0 Å². The summed E-state index contributed by atoms with van der Waals surface area (Å²) >= 11 is 12.1. The molecule has 0 fully saturated rings. The van der Waals surface area contributed by atoms with Crippen LogP contribution >= 0.6 is 59.1 Å². The molecule has 0 radical (unpaired) electrons. The number of hydrogen-bond donors (Lipinski definition) is 1. The van der Waals surface area contributed by atoms with Gasteiger partial charge in [-0.3, -0.25) is 0 Å². The molecule has 1 heterocycles. The number of halogens is 3. The molecule has 0 aliphatic carbocycles. The molecule has 0 amide bonds. The Bertz CT molecular complexity index is 638. The number of thiophene rings is 1. The molecule has 1 aromatic carbocycles. The van der Waals surface area contributed by atoms with Gasteiger partial charge in [0.2, 0.25) is 0 Å². The van der Waals surface area contributed by atoms with Crippen molar-refractivity contribution in [2.45, 2.75) is 13.5 Å². The summed E-state index contributed by atoms with van der Waals surface area (Å²) < 4.78 is 7.95. The quantitative estimate of drug-likeness (QED) is 0.529. The summed E-state index contributed by atoms with van der Waals surface area (Å²) in [6.07, 6.45) is 0. The summed E-state index contributed by atoms with van der Waals surface area (Å²) in [6.45, 7) is 2.88. The lowest BCUT2D eigenvalue weighted by Gasteiger charge is -2.09. The van der Waals surface area contributed by atoms with Crippen LogP contribution in [-0.2, 0) is 11.3 Å². The summed E-state index contributed by atoms with van der Waals surface area (Å²) in [5, 5.41) is 3.34. The van der Waals surface area contributed by atoms with Crippen LogP contribution in [0.3, 0.4) is 0 Å². The van der Waals surface area contributed by atoms with Gasteiger partial charge < -0.3 is 10.1 Å². The summed E-state index contributed by atoms with van der Waals surface area (Å²) in [6, 6.07) is 7.46. The smallest absolute Gasteiger partial charge is 0.338 e. The first-order valence-electron chi connectivity index (χ1n) is 6.15. The van der Waals surface area contributed by atoms with Crippen molar-refractivity contribution in [3.8, 4) is 0 Å². The minimum atomic E-state index is -0.309. The number of nitrogens with one attached hydrogen (secondary N) is 1. The molecule has 3 nitrogen and oxygen atoms in total. The van der Waals surface area contributed by atoms with Crippen LogP contribution in [-0.4, -0.2) is 12.6 Å². The molecular weight excluding hydrogens is 486 g/mol. The second kappa shape index (κ2) is 7.76. The third kappa shape index (κ3) is 4.55. The van der Waals surface area contributed by atoms with Crippen molar-refractivity contribution in [3.05, 3.63) is 47.4 Å². The molecule has 21 heavy (non-hydrogen) atoms. The molecule has 0 aliphatic heterocycles. The van der Waals surface area contributed by atoms with E-state index in [2.05, 4.69) is 59.2 Å². The summed E-state index contributed by atoms with van der Waals surface area (Å²) in [5.41, 5.74) is 1.47. The van der Waals surface area contributed by atoms with E-state index in [0.29, 0.717) is 18.7 Å². The van der Waals surface area contributed by atoms with Gasteiger partial charge in [-0.2, -0.15) is 0 Å². The van der Waals surface area contributed by atoms with E-state index in [1.54, 1.807) is 30.4 Å². The Labute approximate surface area is 152 Å². The zero-order chi connectivity index (χ0) is 15.4. The van der Waals surface area contributed by atoms with Crippen LogP contribution in [0.2, 0.25) is 0 Å². The molecule has 0 saturated carbocycles. The van der Waals surface area contributed by atoms with Crippen LogP contribution in [0.5, 0.6) is 0 Å². The predicted molar refractivity (Wildman–Crippen MR) is 97.1 cm³/mol. The average molecular weight is 498 g/mol. The maximum atomic E-state index is 11.7. The van der Waals surface area contributed by atoms with E-state index in [-0.39, 0.29) is 5.97 Å². The molecule has 7 heteroatoms. The molecule has 1 aromatic heterocycles. The van der Waals surface area contributed by atoms with Crippen molar-refractivity contribution in [1.29, 1.82) is 0 Å². The molecule has 2 rings (SSSR count). The standard InChI is InChI=1S/C14H12Br3NO2S/c1-2-20-14(19)8-3-4-12(10(15)5-8)18-7-9-6-11(16)13(17)21-9/h3-6,18H,2,7H2,1H3. The number of anilines is 1. The Kier molecular flexibility index (Phi) is 6.28. The van der Waals surface area contributed by atoms with Crippen LogP contribution in [0.1, 0.15) is 22.2 Å². The zero-order valence-electron chi connectivity index (χ0n) is 11.1. The third-order valence-corrected chi connectivity index (χ3v) is 6.54. The third-order valence-electron chi connectivity index (χ3n) is 2.63. The maximum Gasteiger partial charge on any atom is 0.338 e. The van der Waals surface area contributed by atoms with Gasteiger partial charge in [-0.1, -0.05) is 0 Å². The average Bonchev–Trinajstić information content (AvgIpc) is 2.76. The lowest BCUT2D eigenvalue weighted by Crippen LogP contribution is -2.05. The van der Waals surface area contributed by atoms with Crippen molar-refractivity contribution in [1.82, 2.24) is 0 Å². The zero-order valence-corrected chi connectivity index (χ0v) is 16.7. The number of carbonyl (C=O) groups excluding carboxylic acids is 1. The van der Waals surface area contributed by atoms with E-state index in [1.165, 1.54) is 4.88 Å². The van der Waals surface area contributed by atoms with Gasteiger partial charge in [-0.25, -0.2) is 4.79 Å². The number of hydrogen-bond acceptors (Lipinski definition) is 4. The number of ether oxygens (including phenoxy) is 1. The van der Waals surface area contributed by atoms with Crippen molar-refractivity contribution in [2.75, 3.05) is 11.9 Å². The van der Waals surface area contributed by atoms with Crippen molar-refractivity contribution in [2.24, 2.45) is 0 Å². The number of benzene rings is 1. The van der Waals surface area contributed by atoms with Crippen LogP contribution in [0.15, 0.2) is 37.0 Å². The van der Waals surface area contributed by atoms with E-state index in [0.717, 1.165) is 18.4 Å². The van der Waals surface area contributed by atoms with E-state index in [4.69, 9.17) is 4.74 Å². The van der Waals surface area contributed by atoms with Crippen LogP contribution < -0.4 is 5.32 Å². The SMILES string of the molecule is CCOC(=O)c1ccc(NCc2cc(Br)c(Br)s2)c(Br)c1. The second-order valence-electron chi connectivity index (χ2n) is 4.10. The highest BCUT2D eigenvalue weighted by Gasteiger charge is 2.10. The monoisotopic (exact) mass is 495 g/mol. The second-order valence-corrected chi connectivity index (χ2v) is 8.27. The molecule has 0 bridgehead atoms. The van der Waals surface area contributed by atoms with Gasteiger partial charge in [0.25, 0.3) is 0 Å². The highest BCUT2D eigenvalue weighted by atomic mass is 79.9. The molecule has 0 unspecified atom stereocenters. The Hall–Kier alpha value is -0.370. The normalized spacial score (nSPS) is 10.5. The van der Waals surface area contributed by atoms with Gasteiger partial charge in [0, 0.05) is 26.1 Å². The first kappa shape index (κ1) is 17.0. The van der Waals surface area contributed by atoms with Crippen molar-refractivity contribution >= 4 is 70.8 Å². The Morgan fingerprint density at radius 3 is 2.57 bits per heavy atom. The van der Waals surface area contributed by atoms with Gasteiger partial charge >= 0.3 is 5.97 Å². The fourth-order valence-corrected chi connectivity index (χ4v) is 4.30. The predicted octanol–water partition coefficient (Wildman–Crippen LogP) is 5.82. The highest BCUT2D eigenvalue weighted by Crippen LogP contribution is 2.33. The molecule has 0 saturated heterocycles. The molecule has 0 aliphatic rings. The van der Waals surface area contributed by atoms with Crippen LogP contribution in [0.4, 0.5) is 5.69 Å². The number of carbonyl (C=O) groups is 1. The summed E-state index contributed by atoms with van der Waals surface area (Å²) in [5.74, 6) is -0.309. The van der Waals surface area contributed by atoms with E-state index in [1.807, 2.05) is 6.07 Å². The Morgan fingerprint density at radius 1 is 1.24 bits per heavy atom. The Balaban J connectivity index is 2.05. The van der Waals surface area contributed by atoms with Gasteiger partial charge in [0.1, 0.15) is 0 Å². The first-order chi connectivity index (χ1) is 10.0. The summed E-state index contributed by atoms with van der Waals surface area (Å²) in [7, 11) is 0. The van der Waals surface area contributed by atoms with Gasteiger partial charge in [-0.15, -0.1) is 11.3 Å². The van der Waals surface area contributed by atoms with Gasteiger partial charge in [0.15, 0.2) is 0 Å². The van der Waals surface area contributed by atoms with E-state index >= 15 is 0 Å². The molecule has 112 valence electrons.